The van der Waals surface area contributed by atoms with Crippen LogP contribution in [0.3, 0.4) is 0 Å². The number of sulfone groups is 1. The summed E-state index contributed by atoms with van der Waals surface area (Å²) in [6.45, 7) is -0.409. The lowest BCUT2D eigenvalue weighted by molar-refractivity contribution is -0.139. The largest absolute Gasteiger partial charge is 0.346 e. The van der Waals surface area contributed by atoms with E-state index in [0.717, 1.165) is 11.3 Å². The summed E-state index contributed by atoms with van der Waals surface area (Å²) in [7, 11) is -3.73. The van der Waals surface area contributed by atoms with E-state index in [0.29, 0.717) is 4.88 Å². The minimum atomic E-state index is -3.73. The summed E-state index contributed by atoms with van der Waals surface area (Å²) in [5, 5.41) is 7.10. The van der Waals surface area contributed by atoms with Crippen molar-refractivity contribution < 1.29 is 22.4 Å². The molecule has 6 nitrogen and oxygen atoms in total. The van der Waals surface area contributed by atoms with Crippen LogP contribution in [0.2, 0.25) is 0 Å². The summed E-state index contributed by atoms with van der Waals surface area (Å²) in [6.07, 6.45) is 0. The highest BCUT2D eigenvalue weighted by atomic mass is 32.2. The van der Waals surface area contributed by atoms with Crippen LogP contribution in [0.25, 0.3) is 0 Å². The predicted octanol–water partition coefficient (Wildman–Crippen LogP) is 2.90. The minimum absolute atomic E-state index is 0.152. The number of nitrogens with one attached hydrogen (secondary N) is 2. The highest BCUT2D eigenvalue weighted by Crippen LogP contribution is 2.33. The van der Waals surface area contributed by atoms with E-state index >= 15 is 0 Å². The molecule has 1 aromatic carbocycles. The summed E-state index contributed by atoms with van der Waals surface area (Å²) in [5.74, 6) is -2.44. The molecule has 2 N–H and O–H groups in total. The van der Waals surface area contributed by atoms with E-state index in [4.69, 9.17) is 0 Å². The first-order valence-electron chi connectivity index (χ1n) is 8.50. The van der Waals surface area contributed by atoms with Crippen molar-refractivity contribution >= 4 is 44.3 Å². The van der Waals surface area contributed by atoms with Crippen LogP contribution in [0.1, 0.15) is 15.7 Å². The molecule has 3 aromatic rings. The highest BCUT2D eigenvalue weighted by molar-refractivity contribution is 7.93. The van der Waals surface area contributed by atoms with Gasteiger partial charge in [0.25, 0.3) is 0 Å². The minimum Gasteiger partial charge on any atom is -0.346 e. The van der Waals surface area contributed by atoms with Crippen LogP contribution in [0.5, 0.6) is 0 Å². The third kappa shape index (κ3) is 5.08. The molecular weight excluding hydrogens is 435 g/mol. The van der Waals surface area contributed by atoms with Gasteiger partial charge in [0.2, 0.25) is 0 Å². The van der Waals surface area contributed by atoms with E-state index in [1.165, 1.54) is 35.6 Å². The Balaban J connectivity index is 1.66. The number of hydrogen-bond donors (Lipinski definition) is 2. The average Bonchev–Trinajstić information content (AvgIpc) is 3.41. The van der Waals surface area contributed by atoms with Gasteiger partial charge in [0, 0.05) is 23.5 Å². The molecular formula is C19H17FN2O4S3. The van der Waals surface area contributed by atoms with Crippen molar-refractivity contribution in [1.29, 1.82) is 0 Å². The number of amides is 2. The van der Waals surface area contributed by atoms with Crippen molar-refractivity contribution in [3.05, 3.63) is 75.5 Å². The number of thiophene rings is 2. The van der Waals surface area contributed by atoms with Gasteiger partial charge in [-0.15, -0.1) is 22.7 Å². The van der Waals surface area contributed by atoms with E-state index < -0.39 is 32.7 Å². The zero-order valence-corrected chi connectivity index (χ0v) is 17.5. The first kappa shape index (κ1) is 21.2. The molecule has 0 radical (unpaired) electrons. The molecule has 0 aliphatic heterocycles. The van der Waals surface area contributed by atoms with Crippen molar-refractivity contribution in [1.82, 2.24) is 10.6 Å². The molecule has 0 unspecified atom stereocenters. The van der Waals surface area contributed by atoms with E-state index in [1.54, 1.807) is 35.0 Å². The Bertz CT molecular complexity index is 1080. The van der Waals surface area contributed by atoms with E-state index in [9.17, 15) is 22.4 Å². The van der Waals surface area contributed by atoms with Crippen LogP contribution in [0.4, 0.5) is 4.39 Å². The zero-order valence-electron chi connectivity index (χ0n) is 15.0. The number of benzene rings is 1. The highest BCUT2D eigenvalue weighted by Gasteiger charge is 2.31. The topological polar surface area (TPSA) is 92.3 Å². The lowest BCUT2D eigenvalue weighted by Gasteiger charge is -2.16. The standard InChI is InChI=1S/C19H17FN2O4S3/c20-14-6-2-1-5-13(14)11-21-18(23)19(24)22-12-16(15-7-3-9-27-15)29(25,26)17-8-4-10-28-17/h1-10,16H,11-12H2,(H,21,23)(H,22,24)/t16-/m1/s1. The SMILES string of the molecule is O=C(NCc1ccccc1F)C(=O)NC[C@H](c1cccs1)S(=O)(=O)c1cccs1. The van der Waals surface area contributed by atoms with Crippen LogP contribution < -0.4 is 10.6 Å². The maximum Gasteiger partial charge on any atom is 0.309 e. The summed E-state index contributed by atoms with van der Waals surface area (Å²) < 4.78 is 39.7. The number of halogens is 1. The first-order valence-corrected chi connectivity index (χ1v) is 11.8. The Hall–Kier alpha value is -2.56. The third-order valence-electron chi connectivity index (χ3n) is 4.06. The fraction of sp³-hybridized carbons (Fsp3) is 0.158. The summed E-state index contributed by atoms with van der Waals surface area (Å²) >= 11 is 2.35. The van der Waals surface area contributed by atoms with Crippen LogP contribution in [-0.2, 0) is 26.0 Å². The van der Waals surface area contributed by atoms with E-state index in [1.807, 2.05) is 0 Å². The number of hydrogen-bond acceptors (Lipinski definition) is 6. The summed E-state index contributed by atoms with van der Waals surface area (Å²) in [5.41, 5.74) is 0.241. The van der Waals surface area contributed by atoms with Crippen molar-refractivity contribution in [3.63, 3.8) is 0 Å². The molecule has 152 valence electrons. The van der Waals surface area contributed by atoms with Gasteiger partial charge >= 0.3 is 11.8 Å². The fourth-order valence-electron chi connectivity index (χ4n) is 2.57. The third-order valence-corrected chi connectivity index (χ3v) is 8.71. The first-order chi connectivity index (χ1) is 13.9. The molecule has 29 heavy (non-hydrogen) atoms. The summed E-state index contributed by atoms with van der Waals surface area (Å²) in [4.78, 5) is 24.7. The molecule has 0 saturated heterocycles. The fourth-order valence-corrected chi connectivity index (χ4v) is 6.56. The molecule has 0 fully saturated rings. The zero-order chi connectivity index (χ0) is 20.9. The normalized spacial score (nSPS) is 12.3. The predicted molar refractivity (Wildman–Crippen MR) is 110 cm³/mol. The van der Waals surface area contributed by atoms with Gasteiger partial charge < -0.3 is 10.6 Å². The van der Waals surface area contributed by atoms with Crippen molar-refractivity contribution in [2.45, 2.75) is 16.0 Å². The average molecular weight is 453 g/mol. The van der Waals surface area contributed by atoms with Crippen LogP contribution in [0, 0.1) is 5.82 Å². The van der Waals surface area contributed by atoms with Gasteiger partial charge in [-0.05, 0) is 29.0 Å². The molecule has 1 atom stereocenters. The smallest absolute Gasteiger partial charge is 0.309 e. The molecule has 10 heteroatoms. The Morgan fingerprint density at radius 2 is 1.62 bits per heavy atom. The Labute approximate surface area is 175 Å². The van der Waals surface area contributed by atoms with Crippen LogP contribution in [-0.4, -0.2) is 26.8 Å². The lowest BCUT2D eigenvalue weighted by atomic mass is 10.2. The van der Waals surface area contributed by atoms with Gasteiger partial charge in [0.1, 0.15) is 15.3 Å². The molecule has 2 aromatic heterocycles. The number of carbonyl (C=O) groups excluding carboxylic acids is 2. The van der Waals surface area contributed by atoms with Gasteiger partial charge in [-0.1, -0.05) is 30.3 Å². The second-order valence-corrected chi connectivity index (χ2v) is 10.2. The molecule has 2 heterocycles. The second-order valence-electron chi connectivity index (χ2n) is 5.97. The van der Waals surface area contributed by atoms with Crippen molar-refractivity contribution in [2.24, 2.45) is 0 Å². The summed E-state index contributed by atoms with van der Waals surface area (Å²) in [6, 6.07) is 12.4. The molecule has 0 saturated carbocycles. The Morgan fingerprint density at radius 3 is 2.28 bits per heavy atom. The molecule has 0 aliphatic rings. The molecule has 0 aliphatic carbocycles. The van der Waals surface area contributed by atoms with E-state index in [2.05, 4.69) is 10.6 Å². The van der Waals surface area contributed by atoms with Gasteiger partial charge in [-0.3, -0.25) is 9.59 Å². The van der Waals surface area contributed by atoms with Gasteiger partial charge in [-0.25, -0.2) is 12.8 Å². The Kier molecular flexibility index (Phi) is 6.78. The van der Waals surface area contributed by atoms with Crippen molar-refractivity contribution in [3.8, 4) is 0 Å². The maximum absolute atomic E-state index is 13.6. The molecule has 0 bridgehead atoms. The monoisotopic (exact) mass is 452 g/mol. The van der Waals surface area contributed by atoms with Gasteiger partial charge in [-0.2, -0.15) is 0 Å². The van der Waals surface area contributed by atoms with E-state index in [-0.39, 0.29) is 22.9 Å². The quantitative estimate of drug-likeness (QED) is 0.539. The van der Waals surface area contributed by atoms with Crippen molar-refractivity contribution in [2.75, 3.05) is 6.54 Å². The second kappa shape index (κ2) is 9.29. The van der Waals surface area contributed by atoms with Gasteiger partial charge in [0.05, 0.1) is 0 Å². The lowest BCUT2D eigenvalue weighted by Crippen LogP contribution is -2.42. The maximum atomic E-state index is 13.6. The Morgan fingerprint density at radius 1 is 0.931 bits per heavy atom. The molecule has 0 spiro atoms. The van der Waals surface area contributed by atoms with Crippen LogP contribution in [0.15, 0.2) is 63.5 Å². The molecule has 3 rings (SSSR count). The number of carbonyl (C=O) groups is 2. The molecule has 2 amide bonds. The number of rotatable bonds is 7. The van der Waals surface area contributed by atoms with Crippen LogP contribution >= 0.6 is 22.7 Å². The van der Waals surface area contributed by atoms with Gasteiger partial charge in [0.15, 0.2) is 9.84 Å².